The van der Waals surface area contributed by atoms with Crippen LogP contribution in [0, 0.1) is 0 Å². The van der Waals surface area contributed by atoms with E-state index in [-0.39, 0.29) is 32.1 Å². The standard InChI is InChI=1S/C13H8Cl3N5O4S/c1-25-12(22)6-3-2-4-7(14)9(6)20-26(23,24)13-18-11-8(15)10(16)17-5-21(11)19-13/h2-5,20H,1H3. The van der Waals surface area contributed by atoms with Gasteiger partial charge in [0.25, 0.3) is 15.2 Å². The summed E-state index contributed by atoms with van der Waals surface area (Å²) in [6.45, 7) is 0. The minimum atomic E-state index is -4.31. The Hall–Kier alpha value is -2.14. The summed E-state index contributed by atoms with van der Waals surface area (Å²) in [5.74, 6) is -0.771. The third-order valence-corrected chi connectivity index (χ3v) is 5.34. The summed E-state index contributed by atoms with van der Waals surface area (Å²) in [6.07, 6.45) is 1.16. The van der Waals surface area contributed by atoms with Crippen LogP contribution in [0.15, 0.2) is 29.7 Å². The monoisotopic (exact) mass is 435 g/mol. The fraction of sp³-hybridized carbons (Fsp3) is 0.0769. The molecule has 0 radical (unpaired) electrons. The van der Waals surface area contributed by atoms with Gasteiger partial charge in [-0.2, -0.15) is 17.9 Å². The van der Waals surface area contributed by atoms with Crippen molar-refractivity contribution in [2.45, 2.75) is 5.16 Å². The van der Waals surface area contributed by atoms with Gasteiger partial charge >= 0.3 is 5.97 Å². The molecule has 0 atom stereocenters. The average molecular weight is 437 g/mol. The largest absolute Gasteiger partial charge is 0.465 e. The van der Waals surface area contributed by atoms with E-state index in [2.05, 4.69) is 24.5 Å². The first kappa shape index (κ1) is 18.6. The molecule has 0 bridgehead atoms. The first-order valence-corrected chi connectivity index (χ1v) is 9.32. The third-order valence-electron chi connectivity index (χ3n) is 3.17. The Bertz CT molecular complexity index is 1130. The molecular weight excluding hydrogens is 429 g/mol. The van der Waals surface area contributed by atoms with Crippen LogP contribution < -0.4 is 4.72 Å². The summed E-state index contributed by atoms with van der Waals surface area (Å²) >= 11 is 17.7. The molecule has 9 nitrogen and oxygen atoms in total. The van der Waals surface area contributed by atoms with E-state index < -0.39 is 21.1 Å². The number of para-hydroxylation sites is 1. The number of hydrogen-bond acceptors (Lipinski definition) is 7. The number of esters is 1. The van der Waals surface area contributed by atoms with E-state index in [1.807, 2.05) is 0 Å². The number of methoxy groups -OCH3 is 1. The summed E-state index contributed by atoms with van der Waals surface area (Å²) in [5.41, 5.74) is -0.239. The average Bonchev–Trinajstić information content (AvgIpc) is 3.05. The van der Waals surface area contributed by atoms with Gasteiger partial charge in [0, 0.05) is 0 Å². The molecule has 3 aromatic rings. The predicted octanol–water partition coefficient (Wildman–Crippen LogP) is 2.67. The van der Waals surface area contributed by atoms with Gasteiger partial charge in [-0.3, -0.25) is 4.72 Å². The number of sulfonamides is 1. The number of hydrogen-bond donors (Lipinski definition) is 1. The second kappa shape index (κ2) is 6.88. The van der Waals surface area contributed by atoms with Crippen molar-refractivity contribution in [1.29, 1.82) is 0 Å². The summed E-state index contributed by atoms with van der Waals surface area (Å²) in [4.78, 5) is 19.4. The Balaban J connectivity index is 2.08. The van der Waals surface area contributed by atoms with Gasteiger partial charge in [0.15, 0.2) is 10.8 Å². The zero-order chi connectivity index (χ0) is 19.1. The van der Waals surface area contributed by atoms with Gasteiger partial charge in [-0.25, -0.2) is 9.78 Å². The van der Waals surface area contributed by atoms with E-state index in [9.17, 15) is 13.2 Å². The number of halogens is 3. The van der Waals surface area contributed by atoms with Crippen molar-refractivity contribution in [1.82, 2.24) is 19.6 Å². The molecule has 0 aliphatic carbocycles. The summed E-state index contributed by atoms with van der Waals surface area (Å²) < 4.78 is 33.1. The number of fused-ring (bicyclic) bond motifs is 1. The maximum Gasteiger partial charge on any atom is 0.340 e. The second-order valence-electron chi connectivity index (χ2n) is 4.77. The van der Waals surface area contributed by atoms with Gasteiger partial charge in [0.2, 0.25) is 0 Å². The zero-order valence-electron chi connectivity index (χ0n) is 12.8. The molecule has 0 saturated heterocycles. The third kappa shape index (κ3) is 3.28. The SMILES string of the molecule is COC(=O)c1cccc(Cl)c1NS(=O)(=O)c1nc2c(Cl)c(Cl)ncn2n1. The summed E-state index contributed by atoms with van der Waals surface area (Å²) in [5, 5.41) is 3.06. The van der Waals surface area contributed by atoms with Crippen LogP contribution in [0.2, 0.25) is 15.2 Å². The van der Waals surface area contributed by atoms with Crippen LogP contribution in [0.5, 0.6) is 0 Å². The molecule has 1 N–H and O–H groups in total. The molecule has 0 amide bonds. The van der Waals surface area contributed by atoms with Crippen molar-refractivity contribution < 1.29 is 17.9 Å². The van der Waals surface area contributed by atoms with Crippen LogP contribution in [-0.2, 0) is 14.8 Å². The van der Waals surface area contributed by atoms with Gasteiger partial charge in [-0.15, -0.1) is 5.10 Å². The highest BCUT2D eigenvalue weighted by Crippen LogP contribution is 2.29. The van der Waals surface area contributed by atoms with Crippen LogP contribution in [-0.4, -0.2) is 41.1 Å². The maximum atomic E-state index is 12.6. The number of nitrogens with one attached hydrogen (secondary N) is 1. The Kier molecular flexibility index (Phi) is 4.93. The highest BCUT2D eigenvalue weighted by Gasteiger charge is 2.26. The molecule has 2 aromatic heterocycles. The molecule has 3 rings (SSSR count). The van der Waals surface area contributed by atoms with E-state index in [0.29, 0.717) is 0 Å². The van der Waals surface area contributed by atoms with Crippen molar-refractivity contribution in [3.63, 3.8) is 0 Å². The molecule has 0 saturated carbocycles. The number of benzene rings is 1. The van der Waals surface area contributed by atoms with Crippen LogP contribution >= 0.6 is 34.8 Å². The van der Waals surface area contributed by atoms with Crippen molar-refractivity contribution in [2.24, 2.45) is 0 Å². The zero-order valence-corrected chi connectivity index (χ0v) is 15.9. The molecule has 13 heteroatoms. The first-order chi connectivity index (χ1) is 12.2. The van der Waals surface area contributed by atoms with E-state index in [1.54, 1.807) is 0 Å². The number of carbonyl (C=O) groups excluding carboxylic acids is 1. The molecule has 136 valence electrons. The highest BCUT2D eigenvalue weighted by molar-refractivity contribution is 7.92. The van der Waals surface area contributed by atoms with Crippen LogP contribution in [0.4, 0.5) is 5.69 Å². The molecule has 2 heterocycles. The van der Waals surface area contributed by atoms with Crippen LogP contribution in [0.3, 0.4) is 0 Å². The topological polar surface area (TPSA) is 116 Å². The minimum Gasteiger partial charge on any atom is -0.465 e. The Morgan fingerprint density at radius 3 is 2.69 bits per heavy atom. The lowest BCUT2D eigenvalue weighted by Gasteiger charge is -2.11. The minimum absolute atomic E-state index is 0.000563. The van der Waals surface area contributed by atoms with Crippen molar-refractivity contribution in [3.05, 3.63) is 45.3 Å². The van der Waals surface area contributed by atoms with Gasteiger partial charge in [-0.05, 0) is 12.1 Å². The Morgan fingerprint density at radius 2 is 2.00 bits per heavy atom. The normalized spacial score (nSPS) is 11.5. The number of rotatable bonds is 4. The molecule has 0 fully saturated rings. The highest BCUT2D eigenvalue weighted by atomic mass is 35.5. The fourth-order valence-electron chi connectivity index (χ4n) is 1.99. The van der Waals surface area contributed by atoms with Crippen LogP contribution in [0.1, 0.15) is 10.4 Å². The van der Waals surface area contributed by atoms with Gasteiger partial charge in [0.05, 0.1) is 23.4 Å². The quantitative estimate of drug-likeness (QED) is 0.494. The number of anilines is 1. The lowest BCUT2D eigenvalue weighted by Crippen LogP contribution is -2.18. The van der Waals surface area contributed by atoms with Crippen molar-refractivity contribution in [2.75, 3.05) is 11.8 Å². The Morgan fingerprint density at radius 1 is 1.27 bits per heavy atom. The van der Waals surface area contributed by atoms with Gasteiger partial charge in [0.1, 0.15) is 11.3 Å². The van der Waals surface area contributed by atoms with E-state index in [4.69, 9.17) is 34.8 Å². The molecule has 0 aliphatic heterocycles. The maximum absolute atomic E-state index is 12.6. The number of nitrogens with zero attached hydrogens (tertiary/aromatic N) is 4. The number of carbonyl (C=O) groups is 1. The fourth-order valence-corrected chi connectivity index (χ4v) is 3.56. The molecule has 26 heavy (non-hydrogen) atoms. The molecule has 0 spiro atoms. The molecule has 0 unspecified atom stereocenters. The number of aromatic nitrogens is 4. The smallest absolute Gasteiger partial charge is 0.340 e. The number of ether oxygens (including phenoxy) is 1. The van der Waals surface area contributed by atoms with E-state index in [1.165, 1.54) is 18.2 Å². The van der Waals surface area contributed by atoms with Gasteiger partial charge < -0.3 is 4.74 Å². The molecule has 1 aromatic carbocycles. The molecule has 0 aliphatic rings. The first-order valence-electron chi connectivity index (χ1n) is 6.70. The van der Waals surface area contributed by atoms with Crippen molar-refractivity contribution >= 4 is 62.1 Å². The molecular formula is C13H8Cl3N5O4S. The van der Waals surface area contributed by atoms with Crippen LogP contribution in [0.25, 0.3) is 5.65 Å². The van der Waals surface area contributed by atoms with Crippen molar-refractivity contribution in [3.8, 4) is 0 Å². The summed E-state index contributed by atoms with van der Waals surface area (Å²) in [7, 11) is -3.15. The predicted molar refractivity (Wildman–Crippen MR) is 94.4 cm³/mol. The van der Waals surface area contributed by atoms with E-state index in [0.717, 1.165) is 18.0 Å². The lowest BCUT2D eigenvalue weighted by atomic mass is 10.2. The lowest BCUT2D eigenvalue weighted by molar-refractivity contribution is 0.0602. The van der Waals surface area contributed by atoms with Gasteiger partial charge in [-0.1, -0.05) is 40.9 Å². The second-order valence-corrected chi connectivity index (χ2v) is 7.49. The van der Waals surface area contributed by atoms with E-state index >= 15 is 0 Å². The Labute approximate surface area is 161 Å². The summed E-state index contributed by atoms with van der Waals surface area (Å²) in [6, 6.07) is 4.24.